The average Bonchev–Trinajstić information content (AvgIpc) is 1.86. The van der Waals surface area contributed by atoms with Crippen molar-refractivity contribution in [2.75, 3.05) is 0 Å². The lowest BCUT2D eigenvalue weighted by molar-refractivity contribution is 0.567. The van der Waals surface area contributed by atoms with Crippen LogP contribution in [0.1, 0.15) is 33.6 Å². The third-order valence-electron chi connectivity index (χ3n) is 1.77. The fourth-order valence-corrected chi connectivity index (χ4v) is 1.16. The van der Waals surface area contributed by atoms with Crippen molar-refractivity contribution in [2.24, 2.45) is 10.5 Å². The molecule has 0 aromatic heterocycles. The highest BCUT2D eigenvalue weighted by molar-refractivity contribution is 7.80. The summed E-state index contributed by atoms with van der Waals surface area (Å²) in [4.78, 5) is 0.859. The molecule has 0 aromatic carbocycles. The van der Waals surface area contributed by atoms with E-state index in [-0.39, 0.29) is 5.41 Å². The predicted molar refractivity (Wildman–Crippen MR) is 51.9 cm³/mol. The molecular weight excluding hydrogens is 156 g/mol. The average molecular weight is 170 g/mol. The Balaban J connectivity index is 2.69. The van der Waals surface area contributed by atoms with Gasteiger partial charge in [0.05, 0.1) is 4.99 Å². The summed E-state index contributed by atoms with van der Waals surface area (Å²) in [6.07, 6.45) is 1.96. The van der Waals surface area contributed by atoms with E-state index in [1.54, 1.807) is 0 Å². The largest absolute Gasteiger partial charge is 0.272 e. The third kappa shape index (κ3) is 2.26. The number of thiocarbonyl (C=S) groups is 1. The van der Waals surface area contributed by atoms with Crippen molar-refractivity contribution < 1.29 is 0 Å². The number of nitrogens with one attached hydrogen (secondary N) is 1. The third-order valence-corrected chi connectivity index (χ3v) is 2.07. The summed E-state index contributed by atoms with van der Waals surface area (Å²) in [6.45, 7) is 6.51. The van der Waals surface area contributed by atoms with Gasteiger partial charge >= 0.3 is 0 Å². The van der Waals surface area contributed by atoms with Crippen LogP contribution in [0.15, 0.2) is 5.10 Å². The van der Waals surface area contributed by atoms with E-state index in [0.29, 0.717) is 0 Å². The maximum Gasteiger partial charge on any atom is 0.0965 e. The highest BCUT2D eigenvalue weighted by atomic mass is 32.1. The Morgan fingerprint density at radius 1 is 1.36 bits per heavy atom. The molecule has 2 nitrogen and oxygen atoms in total. The number of rotatable bonds is 0. The standard InChI is InChI=1S/C8H14N2S/c1-8(2,3)6-4-5-7(11)10-9-6/h4-5H2,1-3H3,(H,10,11). The maximum atomic E-state index is 4.96. The van der Waals surface area contributed by atoms with Gasteiger partial charge in [0.25, 0.3) is 0 Å². The second kappa shape index (κ2) is 2.89. The molecule has 1 aliphatic heterocycles. The molecule has 0 bridgehead atoms. The van der Waals surface area contributed by atoms with Gasteiger partial charge < -0.3 is 0 Å². The van der Waals surface area contributed by atoms with Crippen molar-refractivity contribution in [3.05, 3.63) is 0 Å². The molecule has 0 radical (unpaired) electrons. The Morgan fingerprint density at radius 3 is 2.36 bits per heavy atom. The fraction of sp³-hybridized carbons (Fsp3) is 0.750. The molecule has 1 N–H and O–H groups in total. The molecule has 0 aromatic rings. The van der Waals surface area contributed by atoms with E-state index in [1.807, 2.05) is 0 Å². The first kappa shape index (κ1) is 8.65. The normalized spacial score (nSPS) is 19.2. The minimum atomic E-state index is 0.184. The monoisotopic (exact) mass is 170 g/mol. The highest BCUT2D eigenvalue weighted by Gasteiger charge is 2.21. The van der Waals surface area contributed by atoms with Crippen LogP contribution in [-0.4, -0.2) is 10.7 Å². The Kier molecular flexibility index (Phi) is 2.28. The second-order valence-electron chi connectivity index (χ2n) is 3.84. The first-order valence-corrected chi connectivity index (χ1v) is 4.27. The molecule has 0 atom stereocenters. The Hall–Kier alpha value is -0.440. The van der Waals surface area contributed by atoms with Crippen LogP contribution in [0.25, 0.3) is 0 Å². The van der Waals surface area contributed by atoms with E-state index in [9.17, 15) is 0 Å². The molecule has 3 heteroatoms. The van der Waals surface area contributed by atoms with Crippen LogP contribution in [0, 0.1) is 5.41 Å². The summed E-state index contributed by atoms with van der Waals surface area (Å²) in [5.74, 6) is 0. The molecule has 0 amide bonds. The van der Waals surface area contributed by atoms with E-state index in [0.717, 1.165) is 17.8 Å². The van der Waals surface area contributed by atoms with Gasteiger partial charge in [0.1, 0.15) is 0 Å². The van der Waals surface area contributed by atoms with Crippen LogP contribution < -0.4 is 5.43 Å². The van der Waals surface area contributed by atoms with Gasteiger partial charge in [0.2, 0.25) is 0 Å². The van der Waals surface area contributed by atoms with Crippen LogP contribution in [0.4, 0.5) is 0 Å². The molecule has 0 fully saturated rings. The Bertz CT molecular complexity index is 201. The van der Waals surface area contributed by atoms with Crippen LogP contribution in [0.5, 0.6) is 0 Å². The van der Waals surface area contributed by atoms with Gasteiger partial charge in [-0.25, -0.2) is 0 Å². The van der Waals surface area contributed by atoms with Crippen LogP contribution in [0.2, 0.25) is 0 Å². The number of hydrazone groups is 1. The maximum absolute atomic E-state index is 4.96. The zero-order chi connectivity index (χ0) is 8.48. The molecule has 11 heavy (non-hydrogen) atoms. The Morgan fingerprint density at radius 2 is 2.00 bits per heavy atom. The molecule has 0 saturated heterocycles. The summed E-state index contributed by atoms with van der Waals surface area (Å²) >= 11 is 4.96. The molecular formula is C8H14N2S. The van der Waals surface area contributed by atoms with Gasteiger partial charge in [-0.05, 0) is 6.42 Å². The van der Waals surface area contributed by atoms with Crippen molar-refractivity contribution in [3.8, 4) is 0 Å². The van der Waals surface area contributed by atoms with Crippen molar-refractivity contribution in [1.82, 2.24) is 5.43 Å². The lowest BCUT2D eigenvalue weighted by atomic mass is 9.87. The first-order chi connectivity index (χ1) is 5.00. The second-order valence-corrected chi connectivity index (χ2v) is 4.34. The van der Waals surface area contributed by atoms with Gasteiger partial charge in [-0.3, -0.25) is 5.43 Å². The topological polar surface area (TPSA) is 24.4 Å². The summed E-state index contributed by atoms with van der Waals surface area (Å²) in [6, 6.07) is 0. The van der Waals surface area contributed by atoms with E-state index in [4.69, 9.17) is 12.2 Å². The number of hydrogen-bond donors (Lipinski definition) is 1. The summed E-state index contributed by atoms with van der Waals surface area (Å²) in [5, 5.41) is 4.21. The zero-order valence-corrected chi connectivity index (χ0v) is 8.09. The molecule has 1 aliphatic rings. The lowest BCUT2D eigenvalue weighted by Gasteiger charge is -2.24. The highest BCUT2D eigenvalue weighted by Crippen LogP contribution is 2.20. The molecule has 0 unspecified atom stereocenters. The van der Waals surface area contributed by atoms with Gasteiger partial charge in [-0.2, -0.15) is 5.10 Å². The van der Waals surface area contributed by atoms with E-state index >= 15 is 0 Å². The summed E-state index contributed by atoms with van der Waals surface area (Å²) in [7, 11) is 0. The smallest absolute Gasteiger partial charge is 0.0965 e. The molecule has 1 rings (SSSR count). The molecule has 1 heterocycles. The molecule has 0 saturated carbocycles. The van der Waals surface area contributed by atoms with Gasteiger partial charge in [-0.15, -0.1) is 0 Å². The fourth-order valence-electron chi connectivity index (χ4n) is 1.02. The van der Waals surface area contributed by atoms with Gasteiger partial charge in [-0.1, -0.05) is 33.0 Å². The number of hydrogen-bond acceptors (Lipinski definition) is 2. The van der Waals surface area contributed by atoms with Crippen molar-refractivity contribution >= 4 is 22.9 Å². The van der Waals surface area contributed by atoms with Crippen LogP contribution >= 0.6 is 12.2 Å². The minimum absolute atomic E-state index is 0.184. The van der Waals surface area contributed by atoms with Crippen molar-refractivity contribution in [2.45, 2.75) is 33.6 Å². The quantitative estimate of drug-likeness (QED) is 0.563. The molecule has 0 spiro atoms. The molecule has 62 valence electrons. The lowest BCUT2D eigenvalue weighted by Crippen LogP contribution is -2.31. The molecule has 0 aliphatic carbocycles. The van der Waals surface area contributed by atoms with E-state index < -0.39 is 0 Å². The minimum Gasteiger partial charge on any atom is -0.272 e. The van der Waals surface area contributed by atoms with E-state index in [1.165, 1.54) is 5.71 Å². The van der Waals surface area contributed by atoms with Gasteiger partial charge in [0.15, 0.2) is 0 Å². The summed E-state index contributed by atoms with van der Waals surface area (Å²) < 4.78 is 0. The number of nitrogens with zero attached hydrogens (tertiary/aromatic N) is 1. The predicted octanol–water partition coefficient (Wildman–Crippen LogP) is 2.10. The van der Waals surface area contributed by atoms with Crippen molar-refractivity contribution in [1.29, 1.82) is 0 Å². The van der Waals surface area contributed by atoms with E-state index in [2.05, 4.69) is 31.3 Å². The van der Waals surface area contributed by atoms with Crippen LogP contribution in [-0.2, 0) is 0 Å². The Labute approximate surface area is 73.1 Å². The van der Waals surface area contributed by atoms with Gasteiger partial charge in [0, 0.05) is 17.5 Å². The first-order valence-electron chi connectivity index (χ1n) is 3.86. The van der Waals surface area contributed by atoms with Crippen LogP contribution in [0.3, 0.4) is 0 Å². The zero-order valence-electron chi connectivity index (χ0n) is 7.27. The summed E-state index contributed by atoms with van der Waals surface area (Å²) in [5.41, 5.74) is 4.26. The SMILES string of the molecule is CC(C)(C)C1=NNC(=S)CC1. The van der Waals surface area contributed by atoms with Crippen molar-refractivity contribution in [3.63, 3.8) is 0 Å².